The van der Waals surface area contributed by atoms with Crippen molar-refractivity contribution < 1.29 is 14.1 Å². The van der Waals surface area contributed by atoms with Crippen LogP contribution in [0.2, 0.25) is 0 Å². The normalized spacial score (nSPS) is 9.80. The van der Waals surface area contributed by atoms with E-state index in [9.17, 15) is 14.5 Å². The van der Waals surface area contributed by atoms with Crippen molar-refractivity contribution in [1.82, 2.24) is 0 Å². The van der Waals surface area contributed by atoms with Crippen LogP contribution in [0.4, 0.5) is 10.1 Å². The molecule has 0 spiro atoms. The zero-order valence-corrected chi connectivity index (χ0v) is 10.2. The zero-order chi connectivity index (χ0) is 14.5. The molecular formula is C14H9FN2O3. The zero-order valence-electron chi connectivity index (χ0n) is 10.2. The number of benzene rings is 2. The Morgan fingerprint density at radius 2 is 2.10 bits per heavy atom. The summed E-state index contributed by atoms with van der Waals surface area (Å²) in [6.07, 6.45) is 0. The number of nitrogens with zero attached hydrogens (tertiary/aromatic N) is 2. The van der Waals surface area contributed by atoms with Crippen molar-refractivity contribution >= 4 is 5.69 Å². The molecule has 0 unspecified atom stereocenters. The predicted octanol–water partition coefficient (Wildman–Crippen LogP) is 3.18. The highest BCUT2D eigenvalue weighted by atomic mass is 19.1. The summed E-state index contributed by atoms with van der Waals surface area (Å²) in [7, 11) is 0. The Kier molecular flexibility index (Phi) is 3.91. The van der Waals surface area contributed by atoms with Gasteiger partial charge in [0.1, 0.15) is 18.2 Å². The summed E-state index contributed by atoms with van der Waals surface area (Å²) in [5, 5.41) is 19.6. The van der Waals surface area contributed by atoms with Crippen molar-refractivity contribution in [2.24, 2.45) is 0 Å². The van der Waals surface area contributed by atoms with Crippen LogP contribution in [-0.4, -0.2) is 4.92 Å². The summed E-state index contributed by atoms with van der Waals surface area (Å²) in [5.41, 5.74) is 0.344. The molecule has 2 rings (SSSR count). The average molecular weight is 272 g/mol. The van der Waals surface area contributed by atoms with E-state index in [-0.39, 0.29) is 17.9 Å². The molecule has 100 valence electrons. The second-order valence-electron chi connectivity index (χ2n) is 3.96. The molecule has 6 heteroatoms. The minimum atomic E-state index is -0.593. The molecule has 0 aliphatic rings. The number of nitro groups is 1. The van der Waals surface area contributed by atoms with Gasteiger partial charge in [-0.2, -0.15) is 5.26 Å². The van der Waals surface area contributed by atoms with Crippen LogP contribution in [0.5, 0.6) is 5.75 Å². The van der Waals surface area contributed by atoms with Gasteiger partial charge in [-0.05, 0) is 30.3 Å². The summed E-state index contributed by atoms with van der Waals surface area (Å²) < 4.78 is 18.5. The molecule has 0 saturated heterocycles. The van der Waals surface area contributed by atoms with Crippen molar-refractivity contribution in [2.45, 2.75) is 6.61 Å². The lowest BCUT2D eigenvalue weighted by molar-refractivity contribution is -0.385. The highest BCUT2D eigenvalue weighted by molar-refractivity contribution is 5.41. The maximum atomic E-state index is 13.1. The number of rotatable bonds is 4. The molecule has 0 saturated carbocycles. The molecule has 0 fully saturated rings. The summed E-state index contributed by atoms with van der Waals surface area (Å²) in [6.45, 7) is -0.150. The molecule has 0 heterocycles. The first kappa shape index (κ1) is 13.5. The number of nitro benzene ring substituents is 1. The first-order valence-electron chi connectivity index (χ1n) is 5.66. The summed E-state index contributed by atoms with van der Waals surface area (Å²) in [6, 6.07) is 11.5. The Bertz CT molecular complexity index is 695. The van der Waals surface area contributed by atoms with E-state index < -0.39 is 10.7 Å². The van der Waals surface area contributed by atoms with Crippen LogP contribution in [0.1, 0.15) is 11.1 Å². The van der Waals surface area contributed by atoms with Crippen molar-refractivity contribution in [3.8, 4) is 11.8 Å². The molecule has 0 radical (unpaired) electrons. The van der Waals surface area contributed by atoms with Gasteiger partial charge in [0.15, 0.2) is 0 Å². The van der Waals surface area contributed by atoms with Gasteiger partial charge in [-0.3, -0.25) is 10.1 Å². The van der Waals surface area contributed by atoms with Gasteiger partial charge < -0.3 is 4.74 Å². The van der Waals surface area contributed by atoms with E-state index in [4.69, 9.17) is 10.00 Å². The van der Waals surface area contributed by atoms with Gasteiger partial charge in [-0.15, -0.1) is 0 Å². The quantitative estimate of drug-likeness (QED) is 0.632. The predicted molar refractivity (Wildman–Crippen MR) is 68.5 cm³/mol. The largest absolute Gasteiger partial charge is 0.489 e. The van der Waals surface area contributed by atoms with Crippen LogP contribution < -0.4 is 4.74 Å². The van der Waals surface area contributed by atoms with Gasteiger partial charge in [0.2, 0.25) is 0 Å². The second-order valence-corrected chi connectivity index (χ2v) is 3.96. The maximum Gasteiger partial charge on any atom is 0.276 e. The number of hydrogen-bond acceptors (Lipinski definition) is 4. The standard InChI is InChI=1S/C14H9FN2O3/c15-12-4-5-14(17(18)19)11(7-12)9-20-13-3-1-2-10(6-13)8-16/h1-7H,9H2. The third-order valence-corrected chi connectivity index (χ3v) is 2.60. The molecule has 0 aliphatic heterocycles. The van der Waals surface area contributed by atoms with E-state index in [0.29, 0.717) is 11.3 Å². The van der Waals surface area contributed by atoms with Crippen molar-refractivity contribution in [2.75, 3.05) is 0 Å². The molecule has 0 amide bonds. The third-order valence-electron chi connectivity index (χ3n) is 2.60. The van der Waals surface area contributed by atoms with Gasteiger partial charge >= 0.3 is 0 Å². The summed E-state index contributed by atoms with van der Waals surface area (Å²) >= 11 is 0. The summed E-state index contributed by atoms with van der Waals surface area (Å²) in [4.78, 5) is 10.2. The van der Waals surface area contributed by atoms with Crippen molar-refractivity contribution in [1.29, 1.82) is 5.26 Å². The lowest BCUT2D eigenvalue weighted by Gasteiger charge is -2.07. The first-order valence-corrected chi connectivity index (χ1v) is 5.66. The highest BCUT2D eigenvalue weighted by Crippen LogP contribution is 2.22. The minimum absolute atomic E-state index is 0.136. The lowest BCUT2D eigenvalue weighted by atomic mass is 10.2. The molecule has 2 aromatic carbocycles. The molecule has 5 nitrogen and oxygen atoms in total. The molecule has 0 N–H and O–H groups in total. The van der Waals surface area contributed by atoms with Crippen LogP contribution in [0.3, 0.4) is 0 Å². The van der Waals surface area contributed by atoms with Crippen LogP contribution in [-0.2, 0) is 6.61 Å². The SMILES string of the molecule is N#Cc1cccc(OCc2cc(F)ccc2[N+](=O)[O-])c1. The Morgan fingerprint density at radius 3 is 2.80 bits per heavy atom. The Balaban J connectivity index is 2.20. The second kappa shape index (κ2) is 5.80. The van der Waals surface area contributed by atoms with Crippen LogP contribution >= 0.6 is 0 Å². The van der Waals surface area contributed by atoms with Crippen LogP contribution in [0.25, 0.3) is 0 Å². The monoisotopic (exact) mass is 272 g/mol. The van der Waals surface area contributed by atoms with E-state index in [1.807, 2.05) is 6.07 Å². The van der Waals surface area contributed by atoms with E-state index in [1.54, 1.807) is 18.2 Å². The number of halogens is 1. The fraction of sp³-hybridized carbons (Fsp3) is 0.0714. The third kappa shape index (κ3) is 3.09. The topological polar surface area (TPSA) is 76.2 Å². The Hall–Kier alpha value is -2.94. The molecule has 2 aromatic rings. The molecule has 20 heavy (non-hydrogen) atoms. The number of nitriles is 1. The van der Waals surface area contributed by atoms with Crippen molar-refractivity contribution in [3.63, 3.8) is 0 Å². The van der Waals surface area contributed by atoms with E-state index in [2.05, 4.69) is 0 Å². The Morgan fingerprint density at radius 1 is 1.30 bits per heavy atom. The Labute approximate surface area is 114 Å². The van der Waals surface area contributed by atoms with Crippen LogP contribution in [0.15, 0.2) is 42.5 Å². The van der Waals surface area contributed by atoms with Crippen molar-refractivity contribution in [3.05, 3.63) is 69.5 Å². The summed E-state index contributed by atoms with van der Waals surface area (Å²) in [5.74, 6) is -0.178. The number of hydrogen-bond donors (Lipinski definition) is 0. The fourth-order valence-electron chi connectivity index (χ4n) is 1.66. The average Bonchev–Trinajstić information content (AvgIpc) is 2.45. The highest BCUT2D eigenvalue weighted by Gasteiger charge is 2.14. The molecule has 0 atom stereocenters. The van der Waals surface area contributed by atoms with Gasteiger partial charge in [0, 0.05) is 6.07 Å². The lowest BCUT2D eigenvalue weighted by Crippen LogP contribution is -2.01. The molecular weight excluding hydrogens is 263 g/mol. The van der Waals surface area contributed by atoms with Gasteiger partial charge in [-0.1, -0.05) is 6.07 Å². The van der Waals surface area contributed by atoms with E-state index in [0.717, 1.165) is 18.2 Å². The van der Waals surface area contributed by atoms with Crippen LogP contribution in [0, 0.1) is 27.3 Å². The van der Waals surface area contributed by atoms with E-state index in [1.165, 1.54) is 6.07 Å². The first-order chi connectivity index (χ1) is 9.60. The van der Waals surface area contributed by atoms with Gasteiger partial charge in [-0.25, -0.2) is 4.39 Å². The van der Waals surface area contributed by atoms with Gasteiger partial charge in [0.25, 0.3) is 5.69 Å². The number of ether oxygens (including phenoxy) is 1. The van der Waals surface area contributed by atoms with Gasteiger partial charge in [0.05, 0.1) is 22.1 Å². The smallest absolute Gasteiger partial charge is 0.276 e. The molecule has 0 aromatic heterocycles. The molecule has 0 aliphatic carbocycles. The minimum Gasteiger partial charge on any atom is -0.489 e. The fourth-order valence-corrected chi connectivity index (χ4v) is 1.66. The van der Waals surface area contributed by atoms with E-state index >= 15 is 0 Å². The maximum absolute atomic E-state index is 13.1. The molecule has 0 bridgehead atoms.